The van der Waals surface area contributed by atoms with Crippen molar-refractivity contribution in [3.63, 3.8) is 0 Å². The number of carbonyl (C=O) groups excluding carboxylic acids is 1. The molecule has 0 aliphatic heterocycles. The molecule has 3 rings (SSSR count). The molecule has 0 saturated heterocycles. The highest BCUT2D eigenvalue weighted by molar-refractivity contribution is 7.95. The summed E-state index contributed by atoms with van der Waals surface area (Å²) < 4.78 is 5.31. The molecule has 0 N–H and O–H groups in total. The van der Waals surface area contributed by atoms with Gasteiger partial charge in [-0.25, -0.2) is 4.79 Å². The van der Waals surface area contributed by atoms with Crippen LogP contribution in [0, 0.1) is 5.92 Å². The van der Waals surface area contributed by atoms with E-state index in [9.17, 15) is 4.79 Å². The van der Waals surface area contributed by atoms with Gasteiger partial charge in [-0.2, -0.15) is 0 Å². The van der Waals surface area contributed by atoms with Gasteiger partial charge in [-0.1, -0.05) is 43.7 Å². The van der Waals surface area contributed by atoms with Crippen LogP contribution in [0.1, 0.15) is 60.9 Å². The Labute approximate surface area is 172 Å². The Morgan fingerprint density at radius 1 is 0.862 bits per heavy atom. The lowest BCUT2D eigenvalue weighted by molar-refractivity contribution is 0.0768. The Bertz CT molecular complexity index is 663. The molecule has 0 heterocycles. The summed E-state index contributed by atoms with van der Waals surface area (Å²) in [5.74, 6) is 1.27. The van der Waals surface area contributed by atoms with E-state index in [-0.39, 0.29) is 29.5 Å². The largest absolute Gasteiger partial charge is 0.382 e. The van der Waals surface area contributed by atoms with Gasteiger partial charge in [0.05, 0.1) is 17.6 Å². The molecule has 0 radical (unpaired) electrons. The summed E-state index contributed by atoms with van der Waals surface area (Å²) in [7, 11) is 0. The first-order valence-corrected chi connectivity index (χ1v) is 9.54. The van der Waals surface area contributed by atoms with Crippen molar-refractivity contribution >= 4 is 18.0 Å². The molecule has 0 aromatic heterocycles. The number of halogens is 5. The highest BCUT2D eigenvalue weighted by Gasteiger charge is 2.21. The predicted molar refractivity (Wildman–Crippen MR) is 112 cm³/mol. The maximum absolute atomic E-state index is 12.1. The second-order valence-electron chi connectivity index (χ2n) is 6.52. The van der Waals surface area contributed by atoms with Gasteiger partial charge in [0.15, 0.2) is 0 Å². The van der Waals surface area contributed by atoms with Crippen LogP contribution in [0.25, 0.3) is 0 Å². The van der Waals surface area contributed by atoms with Crippen molar-refractivity contribution in [3.05, 3.63) is 65.7 Å². The van der Waals surface area contributed by atoms with Crippen molar-refractivity contribution in [2.24, 2.45) is 5.92 Å². The predicted octanol–water partition coefficient (Wildman–Crippen LogP) is 7.00. The number of rotatable bonds is 5. The zero-order valence-electron chi connectivity index (χ0n) is 16.2. The minimum Gasteiger partial charge on any atom is -0.382 e. The quantitative estimate of drug-likeness (QED) is 0.370. The van der Waals surface area contributed by atoms with Gasteiger partial charge in [0.1, 0.15) is 0 Å². The van der Waals surface area contributed by atoms with Gasteiger partial charge >= 0.3 is 5.97 Å². The van der Waals surface area contributed by atoms with Crippen LogP contribution in [-0.4, -0.2) is 5.97 Å². The molecular formula is C21H29F5O2S. The van der Waals surface area contributed by atoms with Crippen LogP contribution in [-0.2, 0) is 4.18 Å². The number of carbonyl (C=O) groups is 1. The standard InChI is InChI=1S/C21H24O2S.5FH/c1-2-16-8-10-17(11-9-16)18-12-14-19(15-13-18)21(22)23-24-20-6-4-3-5-7-20;;;;;/h3-7,12-17H,2,8-11H2,1H3;5*1H. The highest BCUT2D eigenvalue weighted by Crippen LogP contribution is 2.37. The summed E-state index contributed by atoms with van der Waals surface area (Å²) in [6, 6.07) is 17.6. The van der Waals surface area contributed by atoms with E-state index < -0.39 is 0 Å². The van der Waals surface area contributed by atoms with Crippen LogP contribution < -0.4 is 0 Å². The van der Waals surface area contributed by atoms with Crippen LogP contribution >= 0.6 is 12.0 Å². The van der Waals surface area contributed by atoms with Crippen molar-refractivity contribution < 1.29 is 32.5 Å². The molecule has 0 amide bonds. The molecule has 1 saturated carbocycles. The SMILES string of the molecule is CCC1CCC(c2ccc(C(=O)OSc3ccccc3)cc2)CC1.F.F.F.F.F. The summed E-state index contributed by atoms with van der Waals surface area (Å²) in [5.41, 5.74) is 1.97. The van der Waals surface area contributed by atoms with Gasteiger partial charge in [-0.05, 0) is 67.3 Å². The normalized spacial score (nSPS) is 17.0. The minimum absolute atomic E-state index is 0. The van der Waals surface area contributed by atoms with Gasteiger partial charge in [-0.15, -0.1) is 0 Å². The molecule has 8 heteroatoms. The molecule has 2 aromatic rings. The molecule has 1 fully saturated rings. The summed E-state index contributed by atoms with van der Waals surface area (Å²) in [6.45, 7) is 2.29. The van der Waals surface area contributed by atoms with Crippen molar-refractivity contribution in [1.82, 2.24) is 0 Å². The first-order chi connectivity index (χ1) is 11.8. The van der Waals surface area contributed by atoms with Crippen LogP contribution in [0.2, 0.25) is 0 Å². The van der Waals surface area contributed by atoms with Crippen molar-refractivity contribution in [1.29, 1.82) is 0 Å². The monoisotopic (exact) mass is 440 g/mol. The van der Waals surface area contributed by atoms with Gasteiger partial charge in [-0.3, -0.25) is 23.5 Å². The smallest absolute Gasteiger partial charge is 0.350 e. The molecule has 2 nitrogen and oxygen atoms in total. The first kappa shape index (κ1) is 31.6. The first-order valence-electron chi connectivity index (χ1n) is 8.80. The Morgan fingerprint density at radius 2 is 1.41 bits per heavy atom. The lowest BCUT2D eigenvalue weighted by Crippen LogP contribution is -2.12. The molecule has 2 aromatic carbocycles. The van der Waals surface area contributed by atoms with E-state index in [0.717, 1.165) is 22.9 Å². The van der Waals surface area contributed by atoms with Gasteiger partial charge < -0.3 is 4.18 Å². The Balaban J connectivity index is -0.00000135. The molecular weight excluding hydrogens is 411 g/mol. The van der Waals surface area contributed by atoms with Gasteiger partial charge in [0, 0.05) is 4.90 Å². The van der Waals surface area contributed by atoms with E-state index >= 15 is 0 Å². The second kappa shape index (κ2) is 15.8. The fraction of sp³-hybridized carbons (Fsp3) is 0.381. The Kier molecular flexibility index (Phi) is 17.2. The molecule has 0 atom stereocenters. The van der Waals surface area contributed by atoms with Crippen LogP contribution in [0.5, 0.6) is 0 Å². The van der Waals surface area contributed by atoms with Crippen LogP contribution in [0.3, 0.4) is 0 Å². The summed E-state index contributed by atoms with van der Waals surface area (Å²) in [5, 5.41) is 0. The Hall–Kier alpha value is -2.09. The average molecular weight is 441 g/mol. The van der Waals surface area contributed by atoms with Crippen LogP contribution in [0.4, 0.5) is 23.5 Å². The van der Waals surface area contributed by atoms with E-state index in [2.05, 4.69) is 19.1 Å². The van der Waals surface area contributed by atoms with E-state index in [4.69, 9.17) is 4.18 Å². The summed E-state index contributed by atoms with van der Waals surface area (Å²) >= 11 is 1.11. The summed E-state index contributed by atoms with van der Waals surface area (Å²) in [4.78, 5) is 13.1. The lowest BCUT2D eigenvalue weighted by atomic mass is 9.78. The van der Waals surface area contributed by atoms with Gasteiger partial charge in [0.2, 0.25) is 0 Å². The van der Waals surface area contributed by atoms with E-state index in [1.54, 1.807) is 0 Å². The maximum Gasteiger partial charge on any atom is 0.350 e. The molecule has 1 aliphatic rings. The van der Waals surface area contributed by atoms with E-state index in [0.29, 0.717) is 11.5 Å². The van der Waals surface area contributed by atoms with Crippen LogP contribution in [0.15, 0.2) is 59.5 Å². The zero-order valence-corrected chi connectivity index (χ0v) is 17.0. The fourth-order valence-corrected chi connectivity index (χ4v) is 3.94. The average Bonchev–Trinajstić information content (AvgIpc) is 2.67. The zero-order chi connectivity index (χ0) is 16.8. The third-order valence-electron chi connectivity index (χ3n) is 5.00. The highest BCUT2D eigenvalue weighted by atomic mass is 32.2. The fourth-order valence-electron chi connectivity index (χ4n) is 3.41. The molecule has 1 aliphatic carbocycles. The number of hydrogen-bond acceptors (Lipinski definition) is 3. The molecule has 0 spiro atoms. The Morgan fingerprint density at radius 3 is 1.93 bits per heavy atom. The minimum atomic E-state index is -0.287. The third-order valence-corrected chi connectivity index (χ3v) is 5.70. The summed E-state index contributed by atoms with van der Waals surface area (Å²) in [6.07, 6.45) is 6.51. The topological polar surface area (TPSA) is 26.3 Å². The lowest BCUT2D eigenvalue weighted by Gasteiger charge is -2.28. The number of benzene rings is 2. The molecule has 29 heavy (non-hydrogen) atoms. The molecule has 0 unspecified atom stereocenters. The third kappa shape index (κ3) is 8.85. The molecule has 0 bridgehead atoms. The van der Waals surface area contributed by atoms with E-state index in [1.807, 2.05) is 42.5 Å². The maximum atomic E-state index is 12.1. The van der Waals surface area contributed by atoms with Gasteiger partial charge in [0.25, 0.3) is 0 Å². The van der Waals surface area contributed by atoms with Crippen molar-refractivity contribution in [3.8, 4) is 0 Å². The molecule has 166 valence electrons. The van der Waals surface area contributed by atoms with Crippen molar-refractivity contribution in [2.45, 2.75) is 49.8 Å². The van der Waals surface area contributed by atoms with E-state index in [1.165, 1.54) is 37.7 Å². The number of hydrogen-bond donors (Lipinski definition) is 0. The second-order valence-corrected chi connectivity index (χ2v) is 7.32. The van der Waals surface area contributed by atoms with Crippen molar-refractivity contribution in [2.75, 3.05) is 0 Å².